The summed E-state index contributed by atoms with van der Waals surface area (Å²) in [4.78, 5) is 28.9. The molecule has 1 heterocycles. The van der Waals surface area contributed by atoms with Crippen molar-refractivity contribution < 1.29 is 9.59 Å². The van der Waals surface area contributed by atoms with Gasteiger partial charge in [-0.25, -0.2) is 0 Å². The molecule has 0 amide bonds. The average Bonchev–Trinajstić information content (AvgIpc) is 3.55. The van der Waals surface area contributed by atoms with Crippen LogP contribution in [0.2, 0.25) is 0 Å². The quantitative estimate of drug-likeness (QED) is 0.121. The first kappa shape index (κ1) is 24.1. The molecule has 188 valence electrons. The van der Waals surface area contributed by atoms with Crippen LogP contribution in [0.15, 0.2) is 121 Å². The van der Waals surface area contributed by atoms with Crippen molar-refractivity contribution in [3.8, 4) is 6.07 Å². The van der Waals surface area contributed by atoms with Crippen molar-refractivity contribution in [1.82, 2.24) is 0 Å². The minimum absolute atomic E-state index is 0.169. The van der Waals surface area contributed by atoms with Gasteiger partial charge in [0.15, 0.2) is 0 Å². The first-order valence-corrected chi connectivity index (χ1v) is 14.5. The van der Waals surface area contributed by atoms with Gasteiger partial charge in [0.05, 0.1) is 0 Å². The first-order valence-electron chi connectivity index (χ1n) is 12.8. The predicted octanol–water partition coefficient (Wildman–Crippen LogP) is 7.85. The fraction of sp³-hybridized carbons (Fsp3) is 0. The summed E-state index contributed by atoms with van der Waals surface area (Å²) in [5.74, 6) is -0.428. The van der Waals surface area contributed by atoms with Gasteiger partial charge in [0.2, 0.25) is 0 Å². The van der Waals surface area contributed by atoms with Crippen LogP contribution in [0.4, 0.5) is 15.9 Å². The molecule has 0 saturated heterocycles. The molecule has 0 saturated carbocycles. The summed E-state index contributed by atoms with van der Waals surface area (Å²) in [5.41, 5.74) is 3.75. The van der Waals surface area contributed by atoms with Gasteiger partial charge in [-0.2, -0.15) is 0 Å². The molecule has 0 aliphatic heterocycles. The molecular formula is C35H20N2O2Se. The van der Waals surface area contributed by atoms with E-state index in [9.17, 15) is 14.9 Å². The number of fused-ring (bicyclic) bond motifs is 3. The second-order valence-electron chi connectivity index (χ2n) is 9.63. The van der Waals surface area contributed by atoms with E-state index in [4.69, 9.17) is 0 Å². The fourth-order valence-corrected chi connectivity index (χ4v) is 7.36. The molecule has 0 fully saturated rings. The van der Waals surface area contributed by atoms with E-state index in [1.54, 1.807) is 6.08 Å². The molecular weight excluding hydrogens is 559 g/mol. The van der Waals surface area contributed by atoms with Crippen LogP contribution in [0.5, 0.6) is 0 Å². The standard InChI is InChI=1S/C35H20N2O2Se/c36-21-22-12-14-26(15-13-22)37(32-11-5-9-23-6-3-4-10-28(23)32)33-17-16-27(40-33)20-31-34(38)29-18-24-7-1-2-8-25(24)19-30(29)35(31)39/h1-20H. The van der Waals surface area contributed by atoms with Crippen LogP contribution >= 0.6 is 0 Å². The van der Waals surface area contributed by atoms with Gasteiger partial charge in [-0.1, -0.05) is 0 Å². The first-order chi connectivity index (χ1) is 19.6. The van der Waals surface area contributed by atoms with Gasteiger partial charge in [-0.3, -0.25) is 0 Å². The van der Waals surface area contributed by atoms with E-state index in [1.807, 2.05) is 84.9 Å². The molecule has 5 aromatic carbocycles. The number of hydrogen-bond donors (Lipinski definition) is 0. The molecule has 0 spiro atoms. The second kappa shape index (κ2) is 9.63. The van der Waals surface area contributed by atoms with Gasteiger partial charge in [0, 0.05) is 0 Å². The maximum atomic E-state index is 13.3. The number of rotatable bonds is 4. The molecule has 0 radical (unpaired) electrons. The molecule has 4 nitrogen and oxygen atoms in total. The van der Waals surface area contributed by atoms with E-state index < -0.39 is 0 Å². The van der Waals surface area contributed by atoms with Crippen molar-refractivity contribution in [2.24, 2.45) is 0 Å². The maximum absolute atomic E-state index is 13.3. The van der Waals surface area contributed by atoms with Gasteiger partial charge in [0.25, 0.3) is 0 Å². The number of carbonyl (C=O) groups is 2. The Labute approximate surface area is 236 Å². The van der Waals surface area contributed by atoms with Crippen LogP contribution in [0.3, 0.4) is 0 Å². The van der Waals surface area contributed by atoms with Crippen molar-refractivity contribution in [2.45, 2.75) is 0 Å². The van der Waals surface area contributed by atoms with Crippen LogP contribution in [0, 0.1) is 11.3 Å². The Bertz CT molecular complexity index is 2000. The number of nitrogens with zero attached hydrogens (tertiary/aromatic N) is 2. The monoisotopic (exact) mass is 580 g/mol. The summed E-state index contributed by atoms with van der Waals surface area (Å²) >= 11 is -0.169. The molecule has 40 heavy (non-hydrogen) atoms. The molecule has 0 atom stereocenters. The van der Waals surface area contributed by atoms with Crippen LogP contribution in [0.25, 0.3) is 27.6 Å². The number of carbonyl (C=O) groups excluding carboxylic acids is 2. The molecule has 1 aliphatic carbocycles. The number of nitriles is 1. The minimum atomic E-state index is -0.214. The van der Waals surface area contributed by atoms with Gasteiger partial charge < -0.3 is 0 Å². The van der Waals surface area contributed by atoms with Crippen LogP contribution in [-0.2, 0) is 0 Å². The SMILES string of the molecule is N#Cc1ccc(N(c2ccc(C=C3C(=O)c4cc5ccccc5cc4C3=O)[se]2)c2cccc3ccccc23)cc1. The van der Waals surface area contributed by atoms with Crippen molar-refractivity contribution in [3.05, 3.63) is 142 Å². The van der Waals surface area contributed by atoms with E-state index in [0.717, 1.165) is 41.9 Å². The Balaban J connectivity index is 1.32. The Kier molecular flexibility index (Phi) is 5.79. The Morgan fingerprint density at radius 1 is 0.675 bits per heavy atom. The summed E-state index contributed by atoms with van der Waals surface area (Å²) in [7, 11) is 0. The normalized spacial score (nSPS) is 12.5. The molecule has 7 rings (SSSR count). The third kappa shape index (κ3) is 3.99. The van der Waals surface area contributed by atoms with Crippen LogP contribution in [-0.4, -0.2) is 26.1 Å². The van der Waals surface area contributed by atoms with E-state index in [0.29, 0.717) is 16.7 Å². The third-order valence-electron chi connectivity index (χ3n) is 7.25. The average molecular weight is 580 g/mol. The predicted molar refractivity (Wildman–Crippen MR) is 161 cm³/mol. The van der Waals surface area contributed by atoms with E-state index in [2.05, 4.69) is 41.3 Å². The van der Waals surface area contributed by atoms with E-state index in [1.165, 1.54) is 0 Å². The number of ketones is 2. The van der Waals surface area contributed by atoms with E-state index in [-0.39, 0.29) is 31.6 Å². The molecule has 1 aromatic heterocycles. The van der Waals surface area contributed by atoms with Crippen molar-refractivity contribution in [2.75, 3.05) is 4.90 Å². The summed E-state index contributed by atoms with van der Waals surface area (Å²) in [6.07, 6.45) is 1.78. The zero-order valence-corrected chi connectivity index (χ0v) is 22.9. The number of benzene rings is 5. The third-order valence-corrected chi connectivity index (χ3v) is 9.38. The van der Waals surface area contributed by atoms with Gasteiger partial charge in [-0.15, -0.1) is 0 Å². The van der Waals surface area contributed by atoms with Crippen molar-refractivity contribution >= 4 is 69.6 Å². The summed E-state index contributed by atoms with van der Waals surface area (Å²) in [6.45, 7) is 0. The molecule has 0 bridgehead atoms. The van der Waals surface area contributed by atoms with Gasteiger partial charge in [0.1, 0.15) is 0 Å². The van der Waals surface area contributed by atoms with Gasteiger partial charge >= 0.3 is 237 Å². The zero-order chi connectivity index (χ0) is 27.2. The summed E-state index contributed by atoms with van der Waals surface area (Å²) in [5, 5.41) is 13.5. The van der Waals surface area contributed by atoms with Crippen molar-refractivity contribution in [1.29, 1.82) is 5.26 Å². The van der Waals surface area contributed by atoms with Crippen LogP contribution < -0.4 is 4.90 Å². The summed E-state index contributed by atoms with van der Waals surface area (Å²) < 4.78 is 2.03. The fourth-order valence-electron chi connectivity index (χ4n) is 5.30. The number of hydrogen-bond acceptors (Lipinski definition) is 4. The Morgan fingerprint density at radius 2 is 1.30 bits per heavy atom. The Hall–Kier alpha value is -5.01. The second-order valence-corrected chi connectivity index (χ2v) is 11.9. The topological polar surface area (TPSA) is 61.2 Å². The van der Waals surface area contributed by atoms with Crippen LogP contribution in [0.1, 0.15) is 30.7 Å². The molecule has 1 aliphatic rings. The van der Waals surface area contributed by atoms with E-state index >= 15 is 0 Å². The van der Waals surface area contributed by atoms with Gasteiger partial charge in [-0.05, 0) is 0 Å². The molecule has 5 heteroatoms. The summed E-state index contributed by atoms with van der Waals surface area (Å²) in [6, 6.07) is 39.8. The van der Waals surface area contributed by atoms with Crippen molar-refractivity contribution in [3.63, 3.8) is 0 Å². The molecule has 0 N–H and O–H groups in total. The number of Topliss-reactive ketones (excluding diaryl/α,β-unsaturated/α-hetero) is 2. The zero-order valence-electron chi connectivity index (χ0n) is 21.2. The molecule has 6 aromatic rings. The number of allylic oxidation sites excluding steroid dienone is 1. The Morgan fingerprint density at radius 3 is 1.98 bits per heavy atom. The number of anilines is 3. The molecule has 0 unspecified atom stereocenters.